The number of imidazole rings is 1. The van der Waals surface area contributed by atoms with Crippen LogP contribution in [0.4, 0.5) is 5.69 Å². The largest absolute Gasteiger partial charge is 0.333 e. The van der Waals surface area contributed by atoms with Gasteiger partial charge in [-0.3, -0.25) is 10.1 Å². The summed E-state index contributed by atoms with van der Waals surface area (Å²) in [5.74, 6) is 0. The lowest BCUT2D eigenvalue weighted by molar-refractivity contribution is -0.384. The van der Waals surface area contributed by atoms with Gasteiger partial charge in [-0.2, -0.15) is 0 Å². The van der Waals surface area contributed by atoms with Crippen LogP contribution in [0.3, 0.4) is 0 Å². The second-order valence-corrected chi connectivity index (χ2v) is 6.00. The quantitative estimate of drug-likeness (QED) is 0.442. The van der Waals surface area contributed by atoms with Gasteiger partial charge in [-0.15, -0.1) is 0 Å². The summed E-state index contributed by atoms with van der Waals surface area (Å²) in [5.41, 5.74) is 2.94. The third-order valence-electron chi connectivity index (χ3n) is 3.21. The highest BCUT2D eigenvalue weighted by molar-refractivity contribution is 7.99. The average molecular weight is 299 g/mol. The van der Waals surface area contributed by atoms with E-state index in [-0.39, 0.29) is 15.9 Å². The Balaban J connectivity index is 1.83. The van der Waals surface area contributed by atoms with Crippen molar-refractivity contribution in [1.82, 2.24) is 9.97 Å². The Morgan fingerprint density at radius 3 is 2.81 bits per heavy atom. The summed E-state index contributed by atoms with van der Waals surface area (Å²) in [4.78, 5) is 18.2. The number of rotatable bonds is 4. The van der Waals surface area contributed by atoms with E-state index in [9.17, 15) is 10.1 Å². The molecule has 0 saturated heterocycles. The highest BCUT2D eigenvalue weighted by Gasteiger charge is 2.14. The average Bonchev–Trinajstić information content (AvgIpc) is 2.89. The summed E-state index contributed by atoms with van der Waals surface area (Å²) in [7, 11) is 0. The Bertz CT molecular complexity index is 767. The van der Waals surface area contributed by atoms with Crippen molar-refractivity contribution in [1.29, 1.82) is 0 Å². The van der Waals surface area contributed by atoms with Crippen LogP contribution >= 0.6 is 11.8 Å². The molecule has 1 unspecified atom stereocenters. The van der Waals surface area contributed by atoms with Crippen molar-refractivity contribution < 1.29 is 4.92 Å². The van der Waals surface area contributed by atoms with E-state index in [0.29, 0.717) is 0 Å². The summed E-state index contributed by atoms with van der Waals surface area (Å²) in [6, 6.07) is 14.6. The second kappa shape index (κ2) is 5.57. The van der Waals surface area contributed by atoms with Crippen molar-refractivity contribution in [3.05, 3.63) is 64.2 Å². The molecule has 0 spiro atoms. The maximum absolute atomic E-state index is 10.8. The lowest BCUT2D eigenvalue weighted by Crippen LogP contribution is -1.93. The first-order valence-electron chi connectivity index (χ1n) is 6.49. The smallest absolute Gasteiger partial charge is 0.269 e. The number of para-hydroxylation sites is 2. The molecule has 0 bridgehead atoms. The normalized spacial score (nSPS) is 12.4. The predicted octanol–water partition coefficient (Wildman–Crippen LogP) is 4.32. The number of aromatic amines is 1. The number of H-pyrrole nitrogens is 1. The summed E-state index contributed by atoms with van der Waals surface area (Å²) >= 11 is 1.55. The molecule has 0 fully saturated rings. The SMILES string of the molecule is CC(Sc1nc2ccccc2[nH]1)c1cccc([N+](=O)[O-])c1. The van der Waals surface area contributed by atoms with Crippen molar-refractivity contribution >= 4 is 28.5 Å². The van der Waals surface area contributed by atoms with Gasteiger partial charge in [0.1, 0.15) is 0 Å². The molecule has 1 N–H and O–H groups in total. The zero-order valence-corrected chi connectivity index (χ0v) is 12.1. The minimum absolute atomic E-state index is 0.0745. The first-order valence-corrected chi connectivity index (χ1v) is 7.37. The maximum atomic E-state index is 10.8. The van der Waals surface area contributed by atoms with E-state index in [4.69, 9.17) is 0 Å². The number of nitrogens with zero attached hydrogens (tertiary/aromatic N) is 2. The van der Waals surface area contributed by atoms with Gasteiger partial charge in [0, 0.05) is 17.4 Å². The van der Waals surface area contributed by atoms with E-state index >= 15 is 0 Å². The number of nitro benzene ring substituents is 1. The van der Waals surface area contributed by atoms with Crippen LogP contribution in [0.25, 0.3) is 11.0 Å². The number of benzene rings is 2. The van der Waals surface area contributed by atoms with Gasteiger partial charge in [0.15, 0.2) is 5.16 Å². The molecule has 1 heterocycles. The zero-order valence-electron chi connectivity index (χ0n) is 11.3. The van der Waals surface area contributed by atoms with Gasteiger partial charge in [0.05, 0.1) is 16.0 Å². The third kappa shape index (κ3) is 2.90. The fourth-order valence-corrected chi connectivity index (χ4v) is 3.05. The Morgan fingerprint density at radius 2 is 2.05 bits per heavy atom. The van der Waals surface area contributed by atoms with Crippen LogP contribution < -0.4 is 0 Å². The van der Waals surface area contributed by atoms with Crippen LogP contribution in [-0.2, 0) is 0 Å². The Morgan fingerprint density at radius 1 is 1.24 bits per heavy atom. The van der Waals surface area contributed by atoms with Crippen LogP contribution in [0, 0.1) is 10.1 Å². The minimum atomic E-state index is -0.373. The van der Waals surface area contributed by atoms with Crippen LogP contribution in [0.2, 0.25) is 0 Å². The summed E-state index contributed by atoms with van der Waals surface area (Å²) in [6.07, 6.45) is 0. The first kappa shape index (κ1) is 13.6. The van der Waals surface area contributed by atoms with E-state index in [1.165, 1.54) is 6.07 Å². The minimum Gasteiger partial charge on any atom is -0.333 e. The Kier molecular flexibility index (Phi) is 3.62. The van der Waals surface area contributed by atoms with Crippen molar-refractivity contribution in [2.75, 3.05) is 0 Å². The molecule has 106 valence electrons. The number of nitrogens with one attached hydrogen (secondary N) is 1. The van der Waals surface area contributed by atoms with E-state index in [2.05, 4.69) is 9.97 Å². The molecule has 0 aliphatic rings. The number of hydrogen-bond donors (Lipinski definition) is 1. The van der Waals surface area contributed by atoms with E-state index in [1.807, 2.05) is 37.3 Å². The molecule has 3 rings (SSSR count). The molecule has 0 amide bonds. The van der Waals surface area contributed by atoms with Crippen molar-refractivity contribution in [2.45, 2.75) is 17.3 Å². The molecule has 21 heavy (non-hydrogen) atoms. The molecule has 0 saturated carbocycles. The lowest BCUT2D eigenvalue weighted by Gasteiger charge is -2.09. The van der Waals surface area contributed by atoms with Crippen molar-refractivity contribution in [3.63, 3.8) is 0 Å². The second-order valence-electron chi connectivity index (χ2n) is 4.67. The molecular formula is C15H13N3O2S. The van der Waals surface area contributed by atoms with Gasteiger partial charge in [0.25, 0.3) is 5.69 Å². The number of fused-ring (bicyclic) bond motifs is 1. The number of non-ortho nitro benzene ring substituents is 1. The van der Waals surface area contributed by atoms with Crippen LogP contribution in [-0.4, -0.2) is 14.9 Å². The number of aromatic nitrogens is 2. The topological polar surface area (TPSA) is 71.8 Å². The van der Waals surface area contributed by atoms with E-state index in [0.717, 1.165) is 21.8 Å². The zero-order chi connectivity index (χ0) is 14.8. The molecular weight excluding hydrogens is 286 g/mol. The van der Waals surface area contributed by atoms with Gasteiger partial charge in [-0.25, -0.2) is 4.98 Å². The van der Waals surface area contributed by atoms with Gasteiger partial charge in [0.2, 0.25) is 0 Å². The van der Waals surface area contributed by atoms with Gasteiger partial charge in [-0.1, -0.05) is 36.0 Å². The standard InChI is InChI=1S/C15H13N3O2S/c1-10(11-5-4-6-12(9-11)18(19)20)21-15-16-13-7-2-3-8-14(13)17-15/h2-10H,1H3,(H,16,17). The van der Waals surface area contributed by atoms with E-state index in [1.54, 1.807) is 23.9 Å². The summed E-state index contributed by atoms with van der Waals surface area (Å²) in [5, 5.41) is 11.7. The molecule has 1 atom stereocenters. The van der Waals surface area contributed by atoms with Crippen molar-refractivity contribution in [3.8, 4) is 0 Å². The fourth-order valence-electron chi connectivity index (χ4n) is 2.11. The third-order valence-corrected chi connectivity index (χ3v) is 4.25. The lowest BCUT2D eigenvalue weighted by atomic mass is 10.1. The molecule has 1 aromatic heterocycles. The van der Waals surface area contributed by atoms with Crippen LogP contribution in [0.5, 0.6) is 0 Å². The molecule has 3 aromatic rings. The van der Waals surface area contributed by atoms with Crippen LogP contribution in [0.15, 0.2) is 53.7 Å². The fraction of sp³-hybridized carbons (Fsp3) is 0.133. The monoisotopic (exact) mass is 299 g/mol. The number of hydrogen-bond acceptors (Lipinski definition) is 4. The number of thioether (sulfide) groups is 1. The summed E-state index contributed by atoms with van der Waals surface area (Å²) < 4.78 is 0. The molecule has 2 aromatic carbocycles. The Hall–Kier alpha value is -2.34. The Labute approximate surface area is 125 Å². The van der Waals surface area contributed by atoms with Gasteiger partial charge >= 0.3 is 0 Å². The molecule has 6 heteroatoms. The van der Waals surface area contributed by atoms with Crippen molar-refractivity contribution in [2.24, 2.45) is 0 Å². The molecule has 5 nitrogen and oxygen atoms in total. The molecule has 0 aliphatic carbocycles. The van der Waals surface area contributed by atoms with Gasteiger partial charge in [-0.05, 0) is 24.6 Å². The summed E-state index contributed by atoms with van der Waals surface area (Å²) in [6.45, 7) is 2.01. The highest BCUT2D eigenvalue weighted by Crippen LogP contribution is 2.35. The van der Waals surface area contributed by atoms with Gasteiger partial charge < -0.3 is 4.98 Å². The predicted molar refractivity (Wildman–Crippen MR) is 83.5 cm³/mol. The molecule has 0 aliphatic heterocycles. The van der Waals surface area contributed by atoms with Crippen LogP contribution in [0.1, 0.15) is 17.7 Å². The van der Waals surface area contributed by atoms with E-state index < -0.39 is 0 Å². The highest BCUT2D eigenvalue weighted by atomic mass is 32.2. The molecule has 0 radical (unpaired) electrons. The maximum Gasteiger partial charge on any atom is 0.269 e. The number of nitro groups is 1. The first-order chi connectivity index (χ1) is 10.1.